The number of aryl methyl sites for hydroxylation is 1. The molecule has 7 heteroatoms. The Bertz CT molecular complexity index is 909. The van der Waals surface area contributed by atoms with Gasteiger partial charge in [0.05, 0.1) is 6.54 Å². The molecule has 5 nitrogen and oxygen atoms in total. The second kappa shape index (κ2) is 10.8. The molecule has 0 aliphatic rings. The molecule has 0 fully saturated rings. The van der Waals surface area contributed by atoms with Gasteiger partial charge in [0.2, 0.25) is 0 Å². The molecule has 0 saturated carbocycles. The van der Waals surface area contributed by atoms with E-state index in [0.29, 0.717) is 24.6 Å². The lowest BCUT2D eigenvalue weighted by atomic mass is 10.1. The van der Waals surface area contributed by atoms with Crippen LogP contribution in [0.5, 0.6) is 0 Å². The summed E-state index contributed by atoms with van der Waals surface area (Å²) in [5, 5.41) is 10.8. The molecule has 28 heavy (non-hydrogen) atoms. The molecule has 0 radical (unpaired) electrons. The van der Waals surface area contributed by atoms with Crippen LogP contribution in [0.3, 0.4) is 0 Å². The van der Waals surface area contributed by atoms with Gasteiger partial charge in [-0.2, -0.15) is 5.10 Å². The first-order valence-corrected chi connectivity index (χ1v) is 8.89. The lowest BCUT2D eigenvalue weighted by Gasteiger charge is -2.14. The summed E-state index contributed by atoms with van der Waals surface area (Å²) < 4.78 is 15.6. The van der Waals surface area contributed by atoms with Gasteiger partial charge in [-0.1, -0.05) is 36.4 Å². The highest BCUT2D eigenvalue weighted by Gasteiger charge is 2.05. The summed E-state index contributed by atoms with van der Waals surface area (Å²) in [4.78, 5) is 4.25. The monoisotopic (exact) mass is 493 g/mol. The van der Waals surface area contributed by atoms with Crippen LogP contribution in [0.1, 0.15) is 22.3 Å². The summed E-state index contributed by atoms with van der Waals surface area (Å²) in [6.45, 7) is 3.62. The number of hydrogen-bond acceptors (Lipinski definition) is 2. The summed E-state index contributed by atoms with van der Waals surface area (Å²) in [5.74, 6) is 0.481. The molecular weight excluding hydrogens is 468 g/mol. The third-order valence-corrected chi connectivity index (χ3v) is 4.38. The van der Waals surface area contributed by atoms with Gasteiger partial charge < -0.3 is 10.6 Å². The smallest absolute Gasteiger partial charge is 0.191 e. The van der Waals surface area contributed by atoms with E-state index in [1.165, 1.54) is 11.1 Å². The Morgan fingerprint density at radius 2 is 1.82 bits per heavy atom. The number of nitrogens with zero attached hydrogens (tertiary/aromatic N) is 3. The third-order valence-electron chi connectivity index (χ3n) is 4.38. The SMILES string of the molecule is CN=C(NCc1ccc(C)c(F)c1)NCc1ccccc1Cn1cccn1.I. The summed E-state index contributed by atoms with van der Waals surface area (Å²) >= 11 is 0. The average Bonchev–Trinajstić information content (AvgIpc) is 3.19. The van der Waals surface area contributed by atoms with E-state index in [1.54, 1.807) is 32.3 Å². The Morgan fingerprint density at radius 1 is 1.07 bits per heavy atom. The van der Waals surface area contributed by atoms with Crippen LogP contribution < -0.4 is 10.6 Å². The molecule has 2 aromatic carbocycles. The first kappa shape index (κ1) is 21.9. The van der Waals surface area contributed by atoms with Gasteiger partial charge in [-0.25, -0.2) is 4.39 Å². The summed E-state index contributed by atoms with van der Waals surface area (Å²) in [6.07, 6.45) is 3.73. The predicted octanol–water partition coefficient (Wildman–Crippen LogP) is 3.86. The second-order valence-corrected chi connectivity index (χ2v) is 6.34. The van der Waals surface area contributed by atoms with E-state index in [0.717, 1.165) is 12.1 Å². The Labute approximate surface area is 182 Å². The zero-order valence-corrected chi connectivity index (χ0v) is 18.4. The second-order valence-electron chi connectivity index (χ2n) is 6.34. The maximum absolute atomic E-state index is 13.7. The molecule has 0 unspecified atom stereocenters. The zero-order valence-electron chi connectivity index (χ0n) is 16.0. The van der Waals surface area contributed by atoms with Crippen LogP contribution in [0.4, 0.5) is 4.39 Å². The molecule has 1 aromatic heterocycles. The molecule has 2 N–H and O–H groups in total. The van der Waals surface area contributed by atoms with E-state index in [4.69, 9.17) is 0 Å². The summed E-state index contributed by atoms with van der Waals surface area (Å²) in [6, 6.07) is 15.4. The van der Waals surface area contributed by atoms with Crippen molar-refractivity contribution >= 4 is 29.9 Å². The fourth-order valence-electron chi connectivity index (χ4n) is 2.78. The quantitative estimate of drug-likeness (QED) is 0.312. The van der Waals surface area contributed by atoms with Gasteiger partial charge in [-0.15, -0.1) is 24.0 Å². The Kier molecular flexibility index (Phi) is 8.43. The lowest BCUT2D eigenvalue weighted by molar-refractivity contribution is 0.615. The van der Waals surface area contributed by atoms with Crippen molar-refractivity contribution in [1.29, 1.82) is 0 Å². The lowest BCUT2D eigenvalue weighted by Crippen LogP contribution is -2.36. The minimum absolute atomic E-state index is 0. The molecule has 1 heterocycles. The highest BCUT2D eigenvalue weighted by atomic mass is 127. The van der Waals surface area contributed by atoms with Crippen LogP contribution in [-0.2, 0) is 19.6 Å². The minimum atomic E-state index is -0.190. The number of aromatic nitrogens is 2. The summed E-state index contributed by atoms with van der Waals surface area (Å²) in [5.41, 5.74) is 3.90. The predicted molar refractivity (Wildman–Crippen MR) is 121 cm³/mol. The normalized spacial score (nSPS) is 11.0. The first-order chi connectivity index (χ1) is 13.2. The van der Waals surface area contributed by atoms with Crippen molar-refractivity contribution < 1.29 is 4.39 Å². The van der Waals surface area contributed by atoms with Crippen molar-refractivity contribution in [2.75, 3.05) is 7.05 Å². The Hall–Kier alpha value is -2.42. The number of guanidine groups is 1. The van der Waals surface area contributed by atoms with E-state index in [2.05, 4.69) is 32.9 Å². The van der Waals surface area contributed by atoms with Gasteiger partial charge in [0.25, 0.3) is 0 Å². The number of rotatable bonds is 6. The van der Waals surface area contributed by atoms with Crippen molar-refractivity contribution in [2.45, 2.75) is 26.6 Å². The molecule has 0 saturated heterocycles. The van der Waals surface area contributed by atoms with E-state index >= 15 is 0 Å². The molecule has 0 atom stereocenters. The topological polar surface area (TPSA) is 54.2 Å². The van der Waals surface area contributed by atoms with Gasteiger partial charge in [0.1, 0.15) is 5.82 Å². The molecule has 0 aliphatic carbocycles. The molecular formula is C21H25FIN5. The van der Waals surface area contributed by atoms with Gasteiger partial charge in [-0.05, 0) is 41.3 Å². The maximum Gasteiger partial charge on any atom is 0.191 e. The van der Waals surface area contributed by atoms with Gasteiger partial charge >= 0.3 is 0 Å². The minimum Gasteiger partial charge on any atom is -0.352 e. The van der Waals surface area contributed by atoms with Crippen molar-refractivity contribution in [1.82, 2.24) is 20.4 Å². The number of benzene rings is 2. The number of hydrogen-bond donors (Lipinski definition) is 2. The first-order valence-electron chi connectivity index (χ1n) is 8.89. The van der Waals surface area contributed by atoms with Crippen molar-refractivity contribution in [3.8, 4) is 0 Å². The third kappa shape index (κ3) is 6.05. The van der Waals surface area contributed by atoms with E-state index < -0.39 is 0 Å². The Morgan fingerprint density at radius 3 is 2.50 bits per heavy atom. The molecule has 3 aromatic rings. The highest BCUT2D eigenvalue weighted by molar-refractivity contribution is 14.0. The van der Waals surface area contributed by atoms with Crippen molar-refractivity contribution in [3.63, 3.8) is 0 Å². The van der Waals surface area contributed by atoms with E-state index in [9.17, 15) is 4.39 Å². The number of aliphatic imine (C=N–C) groups is 1. The number of halogens is 2. The Balaban J connectivity index is 0.00000280. The fraction of sp³-hybridized carbons (Fsp3) is 0.238. The standard InChI is InChI=1S/C21H24FN5.HI/c1-16-8-9-17(12-20(16)22)13-24-21(23-2)25-14-18-6-3-4-7-19(18)15-27-11-5-10-26-27;/h3-12H,13-15H2,1-2H3,(H2,23,24,25);1H. The van der Waals surface area contributed by atoms with Gasteiger partial charge in [0, 0.05) is 32.5 Å². The average molecular weight is 493 g/mol. The van der Waals surface area contributed by atoms with E-state index in [1.807, 2.05) is 35.1 Å². The molecule has 0 amide bonds. The van der Waals surface area contributed by atoms with Crippen molar-refractivity contribution in [2.24, 2.45) is 4.99 Å². The van der Waals surface area contributed by atoms with Crippen LogP contribution in [0.25, 0.3) is 0 Å². The summed E-state index contributed by atoms with van der Waals surface area (Å²) in [7, 11) is 1.72. The largest absolute Gasteiger partial charge is 0.352 e. The van der Waals surface area contributed by atoms with Crippen LogP contribution >= 0.6 is 24.0 Å². The van der Waals surface area contributed by atoms with Gasteiger partial charge in [0.15, 0.2) is 5.96 Å². The molecule has 0 spiro atoms. The van der Waals surface area contributed by atoms with Crippen LogP contribution in [0, 0.1) is 12.7 Å². The molecule has 0 aliphatic heterocycles. The van der Waals surface area contributed by atoms with Crippen molar-refractivity contribution in [3.05, 3.63) is 89.0 Å². The fourth-order valence-corrected chi connectivity index (χ4v) is 2.78. The maximum atomic E-state index is 13.7. The van der Waals surface area contributed by atoms with Crippen LogP contribution in [0.2, 0.25) is 0 Å². The van der Waals surface area contributed by atoms with E-state index in [-0.39, 0.29) is 29.8 Å². The number of nitrogens with one attached hydrogen (secondary N) is 2. The molecule has 3 rings (SSSR count). The van der Waals surface area contributed by atoms with Crippen LogP contribution in [0.15, 0.2) is 65.9 Å². The zero-order chi connectivity index (χ0) is 19.1. The van der Waals surface area contributed by atoms with Gasteiger partial charge in [-0.3, -0.25) is 9.67 Å². The highest BCUT2D eigenvalue weighted by Crippen LogP contribution is 2.11. The molecule has 0 bridgehead atoms. The van der Waals surface area contributed by atoms with Crippen LogP contribution in [-0.4, -0.2) is 22.8 Å². The molecule has 148 valence electrons.